The van der Waals surface area contributed by atoms with Crippen molar-refractivity contribution in [1.29, 1.82) is 0 Å². The number of hydrogen-bond donors (Lipinski definition) is 0. The molecular weight excluding hydrogens is 438 g/mol. The lowest BCUT2D eigenvalue weighted by Gasteiger charge is -2.32. The first-order valence-corrected chi connectivity index (χ1v) is 12.4. The number of amides is 1. The summed E-state index contributed by atoms with van der Waals surface area (Å²) in [4.78, 5) is 34.0. The van der Waals surface area contributed by atoms with E-state index < -0.39 is 6.04 Å². The summed E-state index contributed by atoms with van der Waals surface area (Å²) in [6.45, 7) is 13.5. The van der Waals surface area contributed by atoms with E-state index in [1.165, 1.54) is 0 Å². The van der Waals surface area contributed by atoms with Crippen LogP contribution in [0.4, 0.5) is 0 Å². The zero-order chi connectivity index (χ0) is 25.8. The number of aromatic nitrogens is 2. The number of methoxy groups -OCH3 is 1. The number of carbonyl (C=O) groups excluding carboxylic acids is 1. The maximum atomic E-state index is 13.7. The Morgan fingerprint density at radius 1 is 1.11 bits per heavy atom. The third kappa shape index (κ3) is 6.57. The highest BCUT2D eigenvalue weighted by Crippen LogP contribution is 2.29. The summed E-state index contributed by atoms with van der Waals surface area (Å²) in [7, 11) is 1.63. The van der Waals surface area contributed by atoms with E-state index in [2.05, 4.69) is 27.7 Å². The first-order chi connectivity index (χ1) is 16.5. The monoisotopic (exact) mass is 477 g/mol. The number of ether oxygens (including phenoxy) is 1. The predicted octanol–water partition coefficient (Wildman–Crippen LogP) is 5.69. The Balaban J connectivity index is 2.10. The molecule has 0 saturated carbocycles. The minimum atomic E-state index is -0.419. The molecule has 0 radical (unpaired) electrons. The van der Waals surface area contributed by atoms with E-state index in [9.17, 15) is 9.59 Å². The average Bonchev–Trinajstić information content (AvgIpc) is 2.77. The van der Waals surface area contributed by atoms with Crippen molar-refractivity contribution in [3.63, 3.8) is 0 Å². The van der Waals surface area contributed by atoms with Gasteiger partial charge < -0.3 is 9.64 Å². The van der Waals surface area contributed by atoms with Gasteiger partial charge in [-0.2, -0.15) is 0 Å². The van der Waals surface area contributed by atoms with Crippen molar-refractivity contribution in [2.75, 3.05) is 20.3 Å². The van der Waals surface area contributed by atoms with Crippen LogP contribution in [0, 0.1) is 18.3 Å². The van der Waals surface area contributed by atoms with Crippen LogP contribution in [0.2, 0.25) is 0 Å². The Morgan fingerprint density at radius 2 is 1.83 bits per heavy atom. The van der Waals surface area contributed by atoms with Crippen molar-refractivity contribution < 1.29 is 9.53 Å². The Hall–Kier alpha value is -2.99. The molecule has 0 N–H and O–H groups in total. The van der Waals surface area contributed by atoms with Crippen LogP contribution < -0.4 is 5.56 Å². The summed E-state index contributed by atoms with van der Waals surface area (Å²) < 4.78 is 6.99. The molecule has 0 bridgehead atoms. The van der Waals surface area contributed by atoms with Crippen molar-refractivity contribution in [3.05, 3.63) is 70.3 Å². The molecule has 0 aliphatic carbocycles. The lowest BCUT2D eigenvalue weighted by atomic mass is 9.84. The Bertz CT molecular complexity index is 1230. The van der Waals surface area contributed by atoms with Gasteiger partial charge in [-0.3, -0.25) is 14.2 Å². The van der Waals surface area contributed by atoms with Gasteiger partial charge in [0.2, 0.25) is 5.91 Å². The maximum absolute atomic E-state index is 13.7. The molecule has 2 unspecified atom stereocenters. The van der Waals surface area contributed by atoms with E-state index >= 15 is 0 Å². The third-order valence-electron chi connectivity index (χ3n) is 6.24. The van der Waals surface area contributed by atoms with Gasteiger partial charge in [-0.15, -0.1) is 0 Å². The second-order valence-electron chi connectivity index (χ2n) is 10.8. The zero-order valence-corrected chi connectivity index (χ0v) is 22.2. The number of nitrogens with zero attached hydrogens (tertiary/aromatic N) is 3. The van der Waals surface area contributed by atoms with Crippen LogP contribution in [0.1, 0.15) is 64.9 Å². The van der Waals surface area contributed by atoms with Crippen LogP contribution >= 0.6 is 0 Å². The zero-order valence-electron chi connectivity index (χ0n) is 22.2. The van der Waals surface area contributed by atoms with Gasteiger partial charge in [0.15, 0.2) is 0 Å². The SMILES string of the molecule is COCCN(C(=O)CC(C)CC(C)(C)C)C(C)c1nc2ccccc2c(=O)n1-c1cccc(C)c1. The molecule has 0 aliphatic heterocycles. The fourth-order valence-corrected chi connectivity index (χ4v) is 4.84. The number of carbonyl (C=O) groups is 1. The summed E-state index contributed by atoms with van der Waals surface area (Å²) in [6, 6.07) is 14.8. The Labute approximate surface area is 208 Å². The molecule has 0 saturated heterocycles. The summed E-state index contributed by atoms with van der Waals surface area (Å²) in [6.07, 6.45) is 1.39. The topological polar surface area (TPSA) is 64.4 Å². The maximum Gasteiger partial charge on any atom is 0.266 e. The van der Waals surface area contributed by atoms with Crippen molar-refractivity contribution in [2.45, 2.75) is 60.4 Å². The highest BCUT2D eigenvalue weighted by molar-refractivity contribution is 5.79. The lowest BCUT2D eigenvalue weighted by Crippen LogP contribution is -2.40. The van der Waals surface area contributed by atoms with Crippen LogP contribution in [0.15, 0.2) is 53.3 Å². The van der Waals surface area contributed by atoms with Crippen LogP contribution in [0.3, 0.4) is 0 Å². The second kappa shape index (κ2) is 11.2. The van der Waals surface area contributed by atoms with Crippen LogP contribution in [-0.4, -0.2) is 40.6 Å². The minimum Gasteiger partial charge on any atom is -0.383 e. The third-order valence-corrected chi connectivity index (χ3v) is 6.24. The van der Waals surface area contributed by atoms with E-state index in [0.717, 1.165) is 17.7 Å². The van der Waals surface area contributed by atoms with Gasteiger partial charge in [0.25, 0.3) is 5.56 Å². The lowest BCUT2D eigenvalue weighted by molar-refractivity contribution is -0.135. The number of rotatable bonds is 9. The van der Waals surface area contributed by atoms with Crippen LogP contribution in [0.5, 0.6) is 0 Å². The first-order valence-electron chi connectivity index (χ1n) is 12.4. The average molecular weight is 478 g/mol. The number of hydrogen-bond acceptors (Lipinski definition) is 4. The van der Waals surface area contributed by atoms with Gasteiger partial charge >= 0.3 is 0 Å². The molecule has 0 aliphatic rings. The molecule has 0 spiro atoms. The Morgan fingerprint density at radius 3 is 2.49 bits per heavy atom. The fourth-order valence-electron chi connectivity index (χ4n) is 4.84. The molecule has 1 amide bonds. The van der Waals surface area contributed by atoms with E-state index in [-0.39, 0.29) is 22.8 Å². The predicted molar refractivity (Wildman–Crippen MR) is 142 cm³/mol. The molecule has 3 rings (SSSR count). The van der Waals surface area contributed by atoms with Crippen LogP contribution in [0.25, 0.3) is 16.6 Å². The Kier molecular flexibility index (Phi) is 8.49. The quantitative estimate of drug-likeness (QED) is 0.397. The molecule has 35 heavy (non-hydrogen) atoms. The van der Waals surface area contributed by atoms with Crippen molar-refractivity contribution in [1.82, 2.24) is 14.5 Å². The molecule has 188 valence electrons. The fraction of sp³-hybridized carbons (Fsp3) is 0.483. The smallest absolute Gasteiger partial charge is 0.266 e. The molecule has 0 fully saturated rings. The van der Waals surface area contributed by atoms with Gasteiger partial charge in [0, 0.05) is 20.1 Å². The summed E-state index contributed by atoms with van der Waals surface area (Å²) in [5.41, 5.74) is 2.43. The molecule has 2 atom stereocenters. The summed E-state index contributed by atoms with van der Waals surface area (Å²) in [5.74, 6) is 0.833. The van der Waals surface area contributed by atoms with Gasteiger partial charge in [-0.05, 0) is 61.4 Å². The summed E-state index contributed by atoms with van der Waals surface area (Å²) >= 11 is 0. The number of fused-ring (bicyclic) bond motifs is 1. The van der Waals surface area contributed by atoms with E-state index in [1.54, 1.807) is 17.7 Å². The second-order valence-corrected chi connectivity index (χ2v) is 10.8. The molecule has 6 nitrogen and oxygen atoms in total. The molecular formula is C29H39N3O3. The van der Waals surface area contributed by atoms with Gasteiger partial charge in [0.1, 0.15) is 5.82 Å². The highest BCUT2D eigenvalue weighted by atomic mass is 16.5. The first kappa shape index (κ1) is 26.6. The van der Waals surface area contributed by atoms with E-state index in [0.29, 0.717) is 36.3 Å². The molecule has 3 aromatic rings. The van der Waals surface area contributed by atoms with Gasteiger partial charge in [-0.1, -0.05) is 52.0 Å². The minimum absolute atomic E-state index is 0.0458. The largest absolute Gasteiger partial charge is 0.383 e. The van der Waals surface area contributed by atoms with Gasteiger partial charge in [-0.25, -0.2) is 4.98 Å². The number of benzene rings is 2. The standard InChI is InChI=1S/C29H39N3O3/c1-20-11-10-12-23(17-20)32-27(30-25-14-9-8-13-24(25)28(32)34)22(3)31(15-16-35-7)26(33)18-21(2)19-29(4,5)6/h8-14,17,21-22H,15-16,18-19H2,1-7H3. The molecule has 1 heterocycles. The van der Waals surface area contributed by atoms with Crippen molar-refractivity contribution in [3.8, 4) is 5.69 Å². The summed E-state index contributed by atoms with van der Waals surface area (Å²) in [5, 5.41) is 0.554. The van der Waals surface area contributed by atoms with E-state index in [1.807, 2.05) is 61.2 Å². The van der Waals surface area contributed by atoms with Gasteiger partial charge in [0.05, 0.1) is 29.2 Å². The van der Waals surface area contributed by atoms with Crippen molar-refractivity contribution in [2.24, 2.45) is 11.3 Å². The van der Waals surface area contributed by atoms with Crippen molar-refractivity contribution >= 4 is 16.8 Å². The number of para-hydroxylation sites is 1. The van der Waals surface area contributed by atoms with Crippen LogP contribution in [-0.2, 0) is 9.53 Å². The molecule has 1 aromatic heterocycles. The highest BCUT2D eigenvalue weighted by Gasteiger charge is 2.28. The van der Waals surface area contributed by atoms with E-state index in [4.69, 9.17) is 9.72 Å². The normalized spacial score (nSPS) is 13.6. The molecule has 6 heteroatoms. The molecule has 2 aromatic carbocycles. The number of aryl methyl sites for hydroxylation is 1.